The summed E-state index contributed by atoms with van der Waals surface area (Å²) in [6, 6.07) is 13.6. The van der Waals surface area contributed by atoms with Crippen LogP contribution in [0.25, 0.3) is 0 Å². The van der Waals surface area contributed by atoms with Gasteiger partial charge in [-0.2, -0.15) is 0 Å². The predicted molar refractivity (Wildman–Crippen MR) is 80.9 cm³/mol. The van der Waals surface area contributed by atoms with E-state index >= 15 is 0 Å². The maximum Gasteiger partial charge on any atom is 0.261 e. The minimum absolute atomic E-state index is 0.228. The summed E-state index contributed by atoms with van der Waals surface area (Å²) in [5.41, 5.74) is 1.38. The van der Waals surface area contributed by atoms with Crippen molar-refractivity contribution in [1.29, 1.82) is 0 Å². The zero-order chi connectivity index (χ0) is 13.9. The molecule has 0 aliphatic heterocycles. The summed E-state index contributed by atoms with van der Waals surface area (Å²) < 4.78 is 27.7. The minimum atomic E-state index is -3.55. The van der Waals surface area contributed by atoms with Gasteiger partial charge in [0, 0.05) is 22.9 Å². The van der Waals surface area contributed by atoms with Gasteiger partial charge in [-0.15, -0.1) is 0 Å². The number of anilines is 2. The van der Waals surface area contributed by atoms with Gasteiger partial charge in [-0.05, 0) is 42.5 Å². The van der Waals surface area contributed by atoms with Crippen molar-refractivity contribution in [3.63, 3.8) is 0 Å². The zero-order valence-corrected chi connectivity index (χ0v) is 12.6. The van der Waals surface area contributed by atoms with Crippen LogP contribution in [0.5, 0.6) is 0 Å². The fourth-order valence-corrected chi connectivity index (χ4v) is 3.02. The molecule has 2 rings (SSSR count). The molecule has 0 aromatic heterocycles. The molecule has 0 radical (unpaired) electrons. The molecule has 0 amide bonds. The van der Waals surface area contributed by atoms with Crippen LogP contribution in [0, 0.1) is 0 Å². The maximum absolute atomic E-state index is 12.2. The number of hydrogen-bond acceptors (Lipinski definition) is 3. The topological polar surface area (TPSA) is 58.2 Å². The molecule has 0 fully saturated rings. The Balaban J connectivity index is 2.27. The molecule has 0 saturated carbocycles. The summed E-state index contributed by atoms with van der Waals surface area (Å²) in [6.07, 6.45) is 0. The number of hydrogen-bond donors (Lipinski definition) is 2. The fraction of sp³-hybridized carbons (Fsp3) is 0.0769. The fourth-order valence-electron chi connectivity index (χ4n) is 1.57. The van der Waals surface area contributed by atoms with Gasteiger partial charge in [0.15, 0.2) is 0 Å². The van der Waals surface area contributed by atoms with E-state index in [1.165, 1.54) is 0 Å². The Hall–Kier alpha value is -1.53. The van der Waals surface area contributed by atoms with E-state index in [1.807, 2.05) is 6.07 Å². The van der Waals surface area contributed by atoms with Crippen LogP contribution in [0.4, 0.5) is 11.4 Å². The van der Waals surface area contributed by atoms with Gasteiger partial charge in [0.1, 0.15) is 0 Å². The van der Waals surface area contributed by atoms with Crippen LogP contribution in [-0.4, -0.2) is 15.5 Å². The van der Waals surface area contributed by atoms with Crippen LogP contribution in [0.1, 0.15) is 0 Å². The maximum atomic E-state index is 12.2. The average Bonchev–Trinajstić information content (AvgIpc) is 2.38. The summed E-state index contributed by atoms with van der Waals surface area (Å²) in [6.45, 7) is 0. The van der Waals surface area contributed by atoms with Gasteiger partial charge >= 0.3 is 0 Å². The Bertz CT molecular complexity index is 669. The predicted octanol–water partition coefficient (Wildman–Crippen LogP) is 3.29. The molecule has 0 spiro atoms. The molecule has 0 unspecified atom stereocenters. The van der Waals surface area contributed by atoms with Crippen molar-refractivity contribution in [2.75, 3.05) is 17.1 Å². The molecule has 2 aromatic carbocycles. The van der Waals surface area contributed by atoms with E-state index < -0.39 is 10.0 Å². The Labute approximate surface area is 121 Å². The molecule has 0 bridgehead atoms. The van der Waals surface area contributed by atoms with Gasteiger partial charge in [0.25, 0.3) is 10.0 Å². The standard InChI is InChI=1S/C13H13BrN2O2S/c1-15-11-5-7-13(8-6-11)19(17,18)16-12-4-2-3-10(14)9-12/h2-9,15-16H,1H3. The number of benzene rings is 2. The van der Waals surface area contributed by atoms with E-state index in [0.29, 0.717) is 5.69 Å². The summed E-state index contributed by atoms with van der Waals surface area (Å²) in [7, 11) is -1.77. The third kappa shape index (κ3) is 3.48. The normalized spacial score (nSPS) is 11.1. The second kappa shape index (κ2) is 5.63. The smallest absolute Gasteiger partial charge is 0.261 e. The van der Waals surface area contributed by atoms with Gasteiger partial charge in [-0.1, -0.05) is 22.0 Å². The van der Waals surface area contributed by atoms with E-state index in [9.17, 15) is 8.42 Å². The lowest BCUT2D eigenvalue weighted by molar-refractivity contribution is 0.601. The molecule has 100 valence electrons. The zero-order valence-electron chi connectivity index (χ0n) is 10.2. The third-order valence-corrected chi connectivity index (χ3v) is 4.42. The average molecular weight is 341 g/mol. The van der Waals surface area contributed by atoms with Crippen LogP contribution in [0.3, 0.4) is 0 Å². The van der Waals surface area contributed by atoms with Gasteiger partial charge in [-0.25, -0.2) is 8.42 Å². The summed E-state index contributed by atoms with van der Waals surface area (Å²) in [4.78, 5) is 0.228. The lowest BCUT2D eigenvalue weighted by atomic mass is 10.3. The highest BCUT2D eigenvalue weighted by atomic mass is 79.9. The Morgan fingerprint density at radius 2 is 1.68 bits per heavy atom. The second-order valence-electron chi connectivity index (χ2n) is 3.89. The van der Waals surface area contributed by atoms with Crippen LogP contribution >= 0.6 is 15.9 Å². The van der Waals surface area contributed by atoms with E-state index in [4.69, 9.17) is 0 Å². The van der Waals surface area contributed by atoms with Crippen molar-refractivity contribution in [2.24, 2.45) is 0 Å². The third-order valence-electron chi connectivity index (χ3n) is 2.53. The molecule has 0 atom stereocenters. The number of rotatable bonds is 4. The number of halogens is 1. The Morgan fingerprint density at radius 3 is 2.26 bits per heavy atom. The van der Waals surface area contributed by atoms with Crippen molar-refractivity contribution in [1.82, 2.24) is 0 Å². The van der Waals surface area contributed by atoms with Crippen LogP contribution in [0.15, 0.2) is 57.9 Å². The first-order chi connectivity index (χ1) is 9.01. The van der Waals surface area contributed by atoms with E-state index in [1.54, 1.807) is 49.5 Å². The van der Waals surface area contributed by atoms with Crippen molar-refractivity contribution in [2.45, 2.75) is 4.90 Å². The monoisotopic (exact) mass is 340 g/mol. The van der Waals surface area contributed by atoms with E-state index in [-0.39, 0.29) is 4.90 Å². The molecular weight excluding hydrogens is 328 g/mol. The lowest BCUT2D eigenvalue weighted by Gasteiger charge is -2.09. The summed E-state index contributed by atoms with van der Waals surface area (Å²) in [5.74, 6) is 0. The highest BCUT2D eigenvalue weighted by Gasteiger charge is 2.13. The first-order valence-corrected chi connectivity index (χ1v) is 7.85. The molecule has 4 nitrogen and oxygen atoms in total. The largest absolute Gasteiger partial charge is 0.388 e. The quantitative estimate of drug-likeness (QED) is 0.897. The molecule has 0 heterocycles. The molecule has 6 heteroatoms. The molecule has 2 aromatic rings. The molecule has 0 aliphatic carbocycles. The van der Waals surface area contributed by atoms with Crippen molar-refractivity contribution < 1.29 is 8.42 Å². The van der Waals surface area contributed by atoms with Gasteiger partial charge in [-0.3, -0.25) is 4.72 Å². The molecule has 2 N–H and O–H groups in total. The first kappa shape index (κ1) is 13.9. The summed E-state index contributed by atoms with van der Waals surface area (Å²) in [5, 5.41) is 2.94. The summed E-state index contributed by atoms with van der Waals surface area (Å²) >= 11 is 3.30. The molecule has 19 heavy (non-hydrogen) atoms. The minimum Gasteiger partial charge on any atom is -0.388 e. The highest BCUT2D eigenvalue weighted by Crippen LogP contribution is 2.20. The van der Waals surface area contributed by atoms with Crippen LogP contribution < -0.4 is 10.0 Å². The Kier molecular flexibility index (Phi) is 4.11. The Morgan fingerprint density at radius 1 is 1.00 bits per heavy atom. The number of sulfonamides is 1. The van der Waals surface area contributed by atoms with E-state index in [0.717, 1.165) is 10.2 Å². The molecule has 0 aliphatic rings. The van der Waals surface area contributed by atoms with Crippen LogP contribution in [0.2, 0.25) is 0 Å². The number of nitrogens with one attached hydrogen (secondary N) is 2. The SMILES string of the molecule is CNc1ccc(S(=O)(=O)Nc2cccc(Br)c2)cc1. The van der Waals surface area contributed by atoms with Crippen molar-refractivity contribution in [3.8, 4) is 0 Å². The van der Waals surface area contributed by atoms with Crippen molar-refractivity contribution in [3.05, 3.63) is 53.0 Å². The van der Waals surface area contributed by atoms with Gasteiger partial charge in [0.05, 0.1) is 4.90 Å². The van der Waals surface area contributed by atoms with Crippen molar-refractivity contribution >= 4 is 37.3 Å². The van der Waals surface area contributed by atoms with Crippen LogP contribution in [-0.2, 0) is 10.0 Å². The van der Waals surface area contributed by atoms with Gasteiger partial charge < -0.3 is 5.32 Å². The highest BCUT2D eigenvalue weighted by molar-refractivity contribution is 9.10. The molecular formula is C13H13BrN2O2S. The lowest BCUT2D eigenvalue weighted by Crippen LogP contribution is -2.12. The first-order valence-electron chi connectivity index (χ1n) is 5.57. The second-order valence-corrected chi connectivity index (χ2v) is 6.49. The van der Waals surface area contributed by atoms with Gasteiger partial charge in [0.2, 0.25) is 0 Å². The molecule has 0 saturated heterocycles. The van der Waals surface area contributed by atoms with E-state index in [2.05, 4.69) is 26.0 Å².